The van der Waals surface area contributed by atoms with Crippen LogP contribution < -0.4 is 31.1 Å². The summed E-state index contributed by atoms with van der Waals surface area (Å²) in [6.45, 7) is 5.81. The van der Waals surface area contributed by atoms with Crippen LogP contribution in [0.25, 0.3) is 21.8 Å². The molecule has 5 aromatic rings. The number of aryl methyl sites for hydroxylation is 3. The van der Waals surface area contributed by atoms with E-state index in [4.69, 9.17) is 0 Å². The van der Waals surface area contributed by atoms with Gasteiger partial charge in [0, 0.05) is 84.5 Å². The molecule has 0 bridgehead atoms. The van der Waals surface area contributed by atoms with Gasteiger partial charge in [-0.2, -0.15) is 0 Å². The molecule has 0 aliphatic rings. The Morgan fingerprint density at radius 2 is 0.977 bits per heavy atom. The predicted molar refractivity (Wildman–Crippen MR) is 178 cm³/mol. The van der Waals surface area contributed by atoms with Crippen molar-refractivity contribution in [3.8, 4) is 0 Å². The Bertz CT molecular complexity index is 1870. The standard InChI is InChI=1S/C33H36N8O2/c1-19-8-9-24(38-32(42)36-22-10-12-27-25(16-22)30(40(4)5)14-20(2)34-27)18-29(19)39-33(43)37-23-11-13-28-26(17-23)31(41(6)7)15-21(3)35-28/h8-18H,1-7H3,(H2,36,38,42)(H2,37,39,43). The van der Waals surface area contributed by atoms with Gasteiger partial charge in [-0.25, -0.2) is 9.59 Å². The van der Waals surface area contributed by atoms with Crippen molar-refractivity contribution in [2.24, 2.45) is 0 Å². The highest BCUT2D eigenvalue weighted by atomic mass is 16.2. The maximum absolute atomic E-state index is 13.0. The summed E-state index contributed by atoms with van der Waals surface area (Å²) in [5.41, 5.74) is 8.85. The van der Waals surface area contributed by atoms with E-state index in [-0.39, 0.29) is 0 Å². The molecule has 43 heavy (non-hydrogen) atoms. The molecule has 3 aromatic carbocycles. The fraction of sp³-hybridized carbons (Fsp3) is 0.212. The Balaban J connectivity index is 1.28. The molecule has 2 heterocycles. The summed E-state index contributed by atoms with van der Waals surface area (Å²) < 4.78 is 0. The van der Waals surface area contributed by atoms with Gasteiger partial charge in [0.2, 0.25) is 0 Å². The SMILES string of the molecule is Cc1cc(N(C)C)c2cc(NC(=O)Nc3ccc(C)c(NC(=O)Nc4ccc5nc(C)cc(N(C)C)c5c4)c3)ccc2n1. The number of nitrogens with zero attached hydrogens (tertiary/aromatic N) is 4. The summed E-state index contributed by atoms with van der Waals surface area (Å²) in [6, 6.07) is 19.9. The summed E-state index contributed by atoms with van der Waals surface area (Å²) in [4.78, 5) is 39.1. The van der Waals surface area contributed by atoms with Crippen LogP contribution in [0.2, 0.25) is 0 Å². The first-order valence-corrected chi connectivity index (χ1v) is 13.9. The van der Waals surface area contributed by atoms with Crippen molar-refractivity contribution < 1.29 is 9.59 Å². The van der Waals surface area contributed by atoms with Crippen molar-refractivity contribution in [1.29, 1.82) is 0 Å². The Kier molecular flexibility index (Phi) is 8.03. The van der Waals surface area contributed by atoms with E-state index in [1.807, 2.05) is 113 Å². The first-order chi connectivity index (χ1) is 20.5. The van der Waals surface area contributed by atoms with E-state index >= 15 is 0 Å². The Hall–Kier alpha value is -5.38. The van der Waals surface area contributed by atoms with Crippen molar-refractivity contribution in [3.63, 3.8) is 0 Å². The van der Waals surface area contributed by atoms with Gasteiger partial charge < -0.3 is 31.1 Å². The number of nitrogens with one attached hydrogen (secondary N) is 4. The van der Waals surface area contributed by atoms with Gasteiger partial charge in [0.05, 0.1) is 11.0 Å². The van der Waals surface area contributed by atoms with Crippen LogP contribution in [0.5, 0.6) is 0 Å². The number of amides is 4. The van der Waals surface area contributed by atoms with Crippen LogP contribution in [0, 0.1) is 20.8 Å². The zero-order chi connectivity index (χ0) is 30.8. The van der Waals surface area contributed by atoms with Crippen LogP contribution in [0.15, 0.2) is 66.7 Å². The average Bonchev–Trinajstić information content (AvgIpc) is 2.94. The zero-order valence-corrected chi connectivity index (χ0v) is 25.5. The number of urea groups is 2. The topological polar surface area (TPSA) is 115 Å². The van der Waals surface area contributed by atoms with E-state index in [1.165, 1.54) is 0 Å². The van der Waals surface area contributed by atoms with Crippen molar-refractivity contribution in [3.05, 3.63) is 83.7 Å². The smallest absolute Gasteiger partial charge is 0.323 e. The van der Waals surface area contributed by atoms with E-state index in [2.05, 4.69) is 31.2 Å². The third-order valence-electron chi connectivity index (χ3n) is 7.05. The quantitative estimate of drug-likeness (QED) is 0.171. The normalized spacial score (nSPS) is 10.9. The molecule has 0 aliphatic carbocycles. The fourth-order valence-corrected chi connectivity index (χ4v) is 4.98. The second-order valence-electron chi connectivity index (χ2n) is 11.0. The van der Waals surface area contributed by atoms with Crippen LogP contribution in [0.1, 0.15) is 17.0 Å². The Labute approximate surface area is 251 Å². The largest absolute Gasteiger partial charge is 0.377 e. The molecule has 0 spiro atoms. The fourth-order valence-electron chi connectivity index (χ4n) is 4.98. The molecule has 220 valence electrons. The maximum atomic E-state index is 13.0. The highest BCUT2D eigenvalue weighted by molar-refractivity contribution is 6.05. The maximum Gasteiger partial charge on any atom is 0.323 e. The summed E-state index contributed by atoms with van der Waals surface area (Å²) in [6.07, 6.45) is 0. The van der Waals surface area contributed by atoms with Crippen LogP contribution >= 0.6 is 0 Å². The number of benzene rings is 3. The Morgan fingerprint density at radius 3 is 1.44 bits per heavy atom. The molecule has 4 N–H and O–H groups in total. The van der Waals surface area contributed by atoms with E-state index < -0.39 is 12.1 Å². The highest BCUT2D eigenvalue weighted by Gasteiger charge is 2.12. The minimum atomic E-state index is -0.401. The number of carbonyl (C=O) groups is 2. The molecule has 0 saturated heterocycles. The van der Waals surface area contributed by atoms with E-state index in [1.54, 1.807) is 12.1 Å². The lowest BCUT2D eigenvalue weighted by Crippen LogP contribution is -2.21. The second-order valence-corrected chi connectivity index (χ2v) is 11.0. The highest BCUT2D eigenvalue weighted by Crippen LogP contribution is 2.30. The molecule has 0 aliphatic heterocycles. The number of fused-ring (bicyclic) bond motifs is 2. The Morgan fingerprint density at radius 1 is 0.558 bits per heavy atom. The van der Waals surface area contributed by atoms with Crippen LogP contribution in [-0.4, -0.2) is 50.2 Å². The summed E-state index contributed by atoms with van der Waals surface area (Å²) in [7, 11) is 7.91. The number of aromatic nitrogens is 2. The minimum absolute atomic E-state index is 0.396. The lowest BCUT2D eigenvalue weighted by Gasteiger charge is -2.17. The van der Waals surface area contributed by atoms with Gasteiger partial charge in [0.1, 0.15) is 0 Å². The third-order valence-corrected chi connectivity index (χ3v) is 7.05. The van der Waals surface area contributed by atoms with E-state index in [0.717, 1.165) is 50.1 Å². The number of pyridine rings is 2. The van der Waals surface area contributed by atoms with Crippen LogP contribution in [0.4, 0.5) is 43.7 Å². The van der Waals surface area contributed by atoms with E-state index in [9.17, 15) is 9.59 Å². The summed E-state index contributed by atoms with van der Waals surface area (Å²) in [5, 5.41) is 13.4. The van der Waals surface area contributed by atoms with Crippen molar-refractivity contribution in [1.82, 2.24) is 9.97 Å². The minimum Gasteiger partial charge on any atom is -0.377 e. The molecule has 10 nitrogen and oxygen atoms in total. The molecule has 0 unspecified atom stereocenters. The molecule has 5 rings (SSSR count). The van der Waals surface area contributed by atoms with Gasteiger partial charge >= 0.3 is 12.1 Å². The van der Waals surface area contributed by atoms with Gasteiger partial charge in [-0.3, -0.25) is 9.97 Å². The lowest BCUT2D eigenvalue weighted by atomic mass is 10.1. The monoisotopic (exact) mass is 576 g/mol. The third kappa shape index (κ3) is 6.59. The molecule has 4 amide bonds. The van der Waals surface area contributed by atoms with Gasteiger partial charge in [0.15, 0.2) is 0 Å². The molecule has 0 saturated carbocycles. The number of hydrogen-bond donors (Lipinski definition) is 4. The van der Waals surface area contributed by atoms with Crippen molar-refractivity contribution in [2.75, 3.05) is 59.3 Å². The van der Waals surface area contributed by atoms with Crippen molar-refractivity contribution in [2.45, 2.75) is 20.8 Å². The molecular formula is C33H36N8O2. The molecule has 0 radical (unpaired) electrons. The van der Waals surface area contributed by atoms with E-state index in [0.29, 0.717) is 22.7 Å². The van der Waals surface area contributed by atoms with Crippen molar-refractivity contribution >= 4 is 68.0 Å². The molecule has 2 aromatic heterocycles. The molecular weight excluding hydrogens is 540 g/mol. The number of rotatable bonds is 6. The number of carbonyl (C=O) groups excluding carboxylic acids is 2. The summed E-state index contributed by atoms with van der Waals surface area (Å²) in [5.74, 6) is 0. The predicted octanol–water partition coefficient (Wildman–Crippen LogP) is 7.13. The molecule has 0 atom stereocenters. The lowest BCUT2D eigenvalue weighted by molar-refractivity contribution is 0.261. The van der Waals surface area contributed by atoms with Gasteiger partial charge in [0.25, 0.3) is 0 Å². The second kappa shape index (κ2) is 11.8. The number of hydrogen-bond acceptors (Lipinski definition) is 6. The molecule has 0 fully saturated rings. The summed E-state index contributed by atoms with van der Waals surface area (Å²) >= 11 is 0. The van der Waals surface area contributed by atoms with Gasteiger partial charge in [-0.05, 0) is 87.0 Å². The first kappa shape index (κ1) is 29.1. The van der Waals surface area contributed by atoms with Crippen LogP contribution in [0.3, 0.4) is 0 Å². The average molecular weight is 577 g/mol. The molecule has 10 heteroatoms. The zero-order valence-electron chi connectivity index (χ0n) is 25.5. The van der Waals surface area contributed by atoms with Gasteiger partial charge in [-0.15, -0.1) is 0 Å². The first-order valence-electron chi connectivity index (χ1n) is 13.9. The van der Waals surface area contributed by atoms with Gasteiger partial charge in [-0.1, -0.05) is 6.07 Å². The number of anilines is 6. The van der Waals surface area contributed by atoms with Crippen LogP contribution in [-0.2, 0) is 0 Å².